The molecular formula is C11H16N2O. The zero-order chi connectivity index (χ0) is 9.97. The van der Waals surface area contributed by atoms with Crippen molar-refractivity contribution in [3.8, 4) is 5.75 Å². The van der Waals surface area contributed by atoms with Gasteiger partial charge in [-0.2, -0.15) is 0 Å². The van der Waals surface area contributed by atoms with E-state index in [0.29, 0.717) is 5.75 Å². The number of hydrogen-bond acceptors (Lipinski definition) is 3. The Morgan fingerprint density at radius 3 is 2.64 bits per heavy atom. The summed E-state index contributed by atoms with van der Waals surface area (Å²) in [6.07, 6.45) is 0. The van der Waals surface area contributed by atoms with Crippen molar-refractivity contribution in [2.45, 2.75) is 6.92 Å². The molecule has 0 spiro atoms. The Labute approximate surface area is 84.4 Å². The highest BCUT2D eigenvalue weighted by Gasteiger charge is 2.10. The van der Waals surface area contributed by atoms with Crippen molar-refractivity contribution >= 4 is 5.69 Å². The minimum absolute atomic E-state index is 0.390. The van der Waals surface area contributed by atoms with Crippen LogP contribution in [0.3, 0.4) is 0 Å². The molecule has 1 aliphatic heterocycles. The van der Waals surface area contributed by atoms with Crippen LogP contribution >= 0.6 is 0 Å². The number of phenolic OH excluding ortho intramolecular Hbond substituents is 1. The van der Waals surface area contributed by atoms with Gasteiger partial charge in [-0.3, -0.25) is 0 Å². The van der Waals surface area contributed by atoms with E-state index in [1.54, 1.807) is 0 Å². The van der Waals surface area contributed by atoms with Crippen LogP contribution in [-0.4, -0.2) is 31.3 Å². The summed E-state index contributed by atoms with van der Waals surface area (Å²) >= 11 is 0. The molecule has 0 amide bonds. The van der Waals surface area contributed by atoms with Gasteiger partial charge in [-0.25, -0.2) is 0 Å². The smallest absolute Gasteiger partial charge is 0.120 e. The standard InChI is InChI=1S/C11H16N2O/c1-9-2-3-10(8-11(9)14)13-6-4-12-5-7-13/h2-3,8,12,14H,4-7H2,1H3. The number of anilines is 1. The van der Waals surface area contributed by atoms with Crippen molar-refractivity contribution in [3.63, 3.8) is 0 Å². The van der Waals surface area contributed by atoms with E-state index in [4.69, 9.17) is 0 Å². The summed E-state index contributed by atoms with van der Waals surface area (Å²) in [6, 6.07) is 5.88. The number of piperazine rings is 1. The van der Waals surface area contributed by atoms with Gasteiger partial charge < -0.3 is 15.3 Å². The minimum Gasteiger partial charge on any atom is -0.508 e. The van der Waals surface area contributed by atoms with Crippen molar-refractivity contribution in [1.82, 2.24) is 5.32 Å². The number of aromatic hydroxyl groups is 1. The van der Waals surface area contributed by atoms with Crippen LogP contribution in [0, 0.1) is 6.92 Å². The summed E-state index contributed by atoms with van der Waals surface area (Å²) in [7, 11) is 0. The molecule has 0 aliphatic carbocycles. The quantitative estimate of drug-likeness (QED) is 0.699. The Hall–Kier alpha value is -1.22. The molecule has 1 aromatic rings. The van der Waals surface area contributed by atoms with Gasteiger partial charge in [0.1, 0.15) is 5.75 Å². The van der Waals surface area contributed by atoms with E-state index in [1.807, 2.05) is 19.1 Å². The van der Waals surface area contributed by atoms with Gasteiger partial charge in [0, 0.05) is 37.9 Å². The molecule has 1 aliphatic rings. The van der Waals surface area contributed by atoms with Gasteiger partial charge in [0.05, 0.1) is 0 Å². The Kier molecular flexibility index (Phi) is 2.59. The first-order valence-corrected chi connectivity index (χ1v) is 5.02. The molecule has 14 heavy (non-hydrogen) atoms. The highest BCUT2D eigenvalue weighted by molar-refractivity contribution is 5.53. The zero-order valence-electron chi connectivity index (χ0n) is 8.45. The third kappa shape index (κ3) is 1.82. The highest BCUT2D eigenvalue weighted by atomic mass is 16.3. The Morgan fingerprint density at radius 2 is 2.00 bits per heavy atom. The maximum absolute atomic E-state index is 9.59. The highest BCUT2D eigenvalue weighted by Crippen LogP contribution is 2.23. The van der Waals surface area contributed by atoms with Crippen molar-refractivity contribution in [2.24, 2.45) is 0 Å². The first-order valence-electron chi connectivity index (χ1n) is 5.02. The van der Waals surface area contributed by atoms with Gasteiger partial charge in [0.2, 0.25) is 0 Å². The molecule has 76 valence electrons. The van der Waals surface area contributed by atoms with E-state index in [-0.39, 0.29) is 0 Å². The maximum atomic E-state index is 9.59. The van der Waals surface area contributed by atoms with E-state index >= 15 is 0 Å². The van der Waals surface area contributed by atoms with E-state index in [9.17, 15) is 5.11 Å². The molecule has 0 atom stereocenters. The molecule has 0 radical (unpaired) electrons. The van der Waals surface area contributed by atoms with Crippen molar-refractivity contribution in [3.05, 3.63) is 23.8 Å². The minimum atomic E-state index is 0.390. The van der Waals surface area contributed by atoms with Gasteiger partial charge in [-0.1, -0.05) is 6.07 Å². The molecular weight excluding hydrogens is 176 g/mol. The Morgan fingerprint density at radius 1 is 1.29 bits per heavy atom. The monoisotopic (exact) mass is 192 g/mol. The fourth-order valence-corrected chi connectivity index (χ4v) is 1.72. The molecule has 1 fully saturated rings. The second-order valence-electron chi connectivity index (χ2n) is 3.71. The molecule has 0 unspecified atom stereocenters. The van der Waals surface area contributed by atoms with Crippen LogP contribution in [-0.2, 0) is 0 Å². The first-order chi connectivity index (χ1) is 6.77. The molecule has 1 aromatic carbocycles. The van der Waals surface area contributed by atoms with Crippen LogP contribution in [0.5, 0.6) is 5.75 Å². The molecule has 2 N–H and O–H groups in total. The summed E-state index contributed by atoms with van der Waals surface area (Å²) in [5, 5.41) is 12.9. The van der Waals surface area contributed by atoms with Gasteiger partial charge in [-0.15, -0.1) is 0 Å². The topological polar surface area (TPSA) is 35.5 Å². The number of hydrogen-bond donors (Lipinski definition) is 2. The summed E-state index contributed by atoms with van der Waals surface area (Å²) in [4.78, 5) is 2.29. The average Bonchev–Trinajstić information content (AvgIpc) is 2.23. The summed E-state index contributed by atoms with van der Waals surface area (Å²) in [5.74, 6) is 0.390. The third-order valence-corrected chi connectivity index (χ3v) is 2.67. The van der Waals surface area contributed by atoms with E-state index < -0.39 is 0 Å². The van der Waals surface area contributed by atoms with Gasteiger partial charge >= 0.3 is 0 Å². The molecule has 0 saturated carbocycles. The van der Waals surface area contributed by atoms with Crippen molar-refractivity contribution < 1.29 is 5.11 Å². The lowest BCUT2D eigenvalue weighted by atomic mass is 10.2. The number of aryl methyl sites for hydroxylation is 1. The van der Waals surface area contributed by atoms with E-state index in [1.165, 1.54) is 0 Å². The number of rotatable bonds is 1. The SMILES string of the molecule is Cc1ccc(N2CCNCC2)cc1O. The van der Waals surface area contributed by atoms with Crippen molar-refractivity contribution in [1.29, 1.82) is 0 Å². The number of benzene rings is 1. The molecule has 2 rings (SSSR count). The fraction of sp³-hybridized carbons (Fsp3) is 0.455. The second-order valence-corrected chi connectivity index (χ2v) is 3.71. The van der Waals surface area contributed by atoms with Crippen molar-refractivity contribution in [2.75, 3.05) is 31.1 Å². The summed E-state index contributed by atoms with van der Waals surface area (Å²) < 4.78 is 0. The van der Waals surface area contributed by atoms with E-state index in [2.05, 4.69) is 16.3 Å². The van der Waals surface area contributed by atoms with Crippen LogP contribution in [0.15, 0.2) is 18.2 Å². The molecule has 0 aromatic heterocycles. The zero-order valence-corrected chi connectivity index (χ0v) is 8.45. The third-order valence-electron chi connectivity index (χ3n) is 2.67. The number of nitrogens with zero attached hydrogens (tertiary/aromatic N) is 1. The lowest BCUT2D eigenvalue weighted by Crippen LogP contribution is -2.43. The van der Waals surface area contributed by atoms with Gasteiger partial charge in [0.15, 0.2) is 0 Å². The predicted octanol–water partition coefficient (Wildman–Crippen LogP) is 1.11. The maximum Gasteiger partial charge on any atom is 0.120 e. The van der Waals surface area contributed by atoms with Gasteiger partial charge in [0.25, 0.3) is 0 Å². The molecule has 3 nitrogen and oxygen atoms in total. The van der Waals surface area contributed by atoms with E-state index in [0.717, 1.165) is 37.4 Å². The largest absolute Gasteiger partial charge is 0.508 e. The lowest BCUT2D eigenvalue weighted by molar-refractivity contribution is 0.470. The molecule has 0 bridgehead atoms. The number of nitrogens with one attached hydrogen (secondary N) is 1. The van der Waals surface area contributed by atoms with Crippen LogP contribution < -0.4 is 10.2 Å². The fourth-order valence-electron chi connectivity index (χ4n) is 1.72. The number of phenols is 1. The first kappa shape index (κ1) is 9.34. The lowest BCUT2D eigenvalue weighted by Gasteiger charge is -2.29. The Balaban J connectivity index is 2.18. The Bertz CT molecular complexity index is 319. The van der Waals surface area contributed by atoms with Crippen LogP contribution in [0.25, 0.3) is 0 Å². The molecule has 1 heterocycles. The van der Waals surface area contributed by atoms with Crippen LogP contribution in [0.2, 0.25) is 0 Å². The molecule has 3 heteroatoms. The normalized spacial score (nSPS) is 17.1. The van der Waals surface area contributed by atoms with Crippen LogP contribution in [0.1, 0.15) is 5.56 Å². The summed E-state index contributed by atoms with van der Waals surface area (Å²) in [6.45, 7) is 5.99. The average molecular weight is 192 g/mol. The second kappa shape index (κ2) is 3.88. The molecule has 1 saturated heterocycles. The van der Waals surface area contributed by atoms with Gasteiger partial charge in [-0.05, 0) is 18.6 Å². The van der Waals surface area contributed by atoms with Crippen LogP contribution in [0.4, 0.5) is 5.69 Å². The predicted molar refractivity (Wildman–Crippen MR) is 57.9 cm³/mol. The summed E-state index contributed by atoms with van der Waals surface area (Å²) in [5.41, 5.74) is 2.05.